The van der Waals surface area contributed by atoms with Crippen LogP contribution in [-0.2, 0) is 10.0 Å². The molecule has 0 aliphatic carbocycles. The molecule has 5 nitrogen and oxygen atoms in total. The molecule has 1 heterocycles. The number of ether oxygens (including phenoxy) is 1. The predicted molar refractivity (Wildman–Crippen MR) is 101 cm³/mol. The van der Waals surface area contributed by atoms with Gasteiger partial charge in [-0.3, -0.25) is 0 Å². The van der Waals surface area contributed by atoms with Crippen LogP contribution in [0.3, 0.4) is 0 Å². The first-order valence-corrected chi connectivity index (χ1v) is 9.67. The Morgan fingerprint density at radius 1 is 1.33 bits per heavy atom. The third-order valence-corrected chi connectivity index (χ3v) is 5.81. The van der Waals surface area contributed by atoms with Crippen LogP contribution in [0.5, 0.6) is 5.75 Å². The fraction of sp³-hybridized carbons (Fsp3) is 0.333. The number of sulfonamides is 1. The van der Waals surface area contributed by atoms with Crippen LogP contribution in [0.1, 0.15) is 11.6 Å². The van der Waals surface area contributed by atoms with Crippen molar-refractivity contribution in [2.75, 3.05) is 27.7 Å². The summed E-state index contributed by atoms with van der Waals surface area (Å²) in [5.74, 6) is 0.263. The molecule has 2 aromatic rings. The zero-order valence-electron chi connectivity index (χ0n) is 13.5. The molecule has 0 fully saturated rings. The molecule has 1 aromatic heterocycles. The van der Waals surface area contributed by atoms with Gasteiger partial charge in [0, 0.05) is 17.6 Å². The van der Waals surface area contributed by atoms with Gasteiger partial charge in [0.1, 0.15) is 10.6 Å². The largest absolute Gasteiger partial charge is 0.495 e. The van der Waals surface area contributed by atoms with Gasteiger partial charge in [-0.25, -0.2) is 13.1 Å². The monoisotopic (exact) mass is 410 g/mol. The molecule has 1 atom stereocenters. The van der Waals surface area contributed by atoms with E-state index in [0.29, 0.717) is 5.02 Å². The number of nitrogens with zero attached hydrogens (tertiary/aromatic N) is 1. The van der Waals surface area contributed by atoms with Crippen molar-refractivity contribution in [2.24, 2.45) is 0 Å². The van der Waals surface area contributed by atoms with Crippen molar-refractivity contribution < 1.29 is 13.2 Å². The minimum absolute atomic E-state index is 0. The van der Waals surface area contributed by atoms with E-state index < -0.39 is 10.0 Å². The number of thiophene rings is 1. The summed E-state index contributed by atoms with van der Waals surface area (Å²) in [6.07, 6.45) is 0. The van der Waals surface area contributed by atoms with Gasteiger partial charge >= 0.3 is 0 Å². The highest BCUT2D eigenvalue weighted by molar-refractivity contribution is 7.89. The average Bonchev–Trinajstić information content (AvgIpc) is 3.01. The molecule has 134 valence electrons. The molecule has 0 saturated heterocycles. The maximum absolute atomic E-state index is 12.6. The van der Waals surface area contributed by atoms with E-state index in [1.807, 2.05) is 35.8 Å². The summed E-state index contributed by atoms with van der Waals surface area (Å²) in [5.41, 5.74) is 1.07. The third-order valence-electron chi connectivity index (χ3n) is 3.43. The minimum Gasteiger partial charge on any atom is -0.495 e. The summed E-state index contributed by atoms with van der Waals surface area (Å²) in [6.45, 7) is 0.252. The summed E-state index contributed by atoms with van der Waals surface area (Å²) in [5, 5.41) is 4.33. The molecule has 0 bridgehead atoms. The number of likely N-dealkylation sites (N-methyl/N-ethyl adjacent to an activating group) is 1. The highest BCUT2D eigenvalue weighted by Crippen LogP contribution is 2.27. The summed E-state index contributed by atoms with van der Waals surface area (Å²) in [4.78, 5) is 2.01. The molecule has 0 aliphatic rings. The molecular weight excluding hydrogens is 391 g/mol. The first-order valence-electron chi connectivity index (χ1n) is 6.87. The van der Waals surface area contributed by atoms with E-state index >= 15 is 0 Å². The first-order chi connectivity index (χ1) is 10.8. The van der Waals surface area contributed by atoms with Gasteiger partial charge in [0.15, 0.2) is 0 Å². The highest BCUT2D eigenvalue weighted by Gasteiger charge is 2.23. The lowest BCUT2D eigenvalue weighted by atomic mass is 10.1. The van der Waals surface area contributed by atoms with Crippen LogP contribution >= 0.6 is 35.3 Å². The number of halogens is 2. The Balaban J connectivity index is 0.00000288. The molecule has 0 saturated carbocycles. The van der Waals surface area contributed by atoms with Crippen LogP contribution in [0.2, 0.25) is 5.02 Å². The summed E-state index contributed by atoms with van der Waals surface area (Å²) in [7, 11) is 1.53. The maximum atomic E-state index is 12.6. The second-order valence-corrected chi connectivity index (χ2v) is 8.14. The van der Waals surface area contributed by atoms with E-state index in [-0.39, 0.29) is 35.6 Å². The number of benzene rings is 1. The Kier molecular flexibility index (Phi) is 7.98. The Labute approximate surface area is 158 Å². The standard InChI is InChI=1S/C15H19ClN2O3S2.ClH/c1-18(2)13(11-6-7-22-10-11)9-17-23(19,20)15-8-12(16)4-5-14(15)21-3;/h4-8,10,13,17H,9H2,1-3H3;1H. The van der Waals surface area contributed by atoms with Crippen LogP contribution < -0.4 is 9.46 Å². The highest BCUT2D eigenvalue weighted by atomic mass is 35.5. The second-order valence-electron chi connectivity index (χ2n) is 5.18. The van der Waals surface area contributed by atoms with E-state index in [0.717, 1.165) is 5.56 Å². The summed E-state index contributed by atoms with van der Waals surface area (Å²) >= 11 is 7.50. The van der Waals surface area contributed by atoms with Gasteiger partial charge in [0.2, 0.25) is 10.0 Å². The molecule has 9 heteroatoms. The normalized spacial score (nSPS) is 12.7. The lowest BCUT2D eigenvalue weighted by molar-refractivity contribution is 0.300. The average molecular weight is 411 g/mol. The zero-order chi connectivity index (χ0) is 17.0. The van der Waals surface area contributed by atoms with E-state index in [4.69, 9.17) is 16.3 Å². The van der Waals surface area contributed by atoms with Crippen molar-refractivity contribution in [3.63, 3.8) is 0 Å². The van der Waals surface area contributed by atoms with Gasteiger partial charge in [-0.05, 0) is 54.7 Å². The number of methoxy groups -OCH3 is 1. The number of hydrogen-bond donors (Lipinski definition) is 1. The molecule has 24 heavy (non-hydrogen) atoms. The Hall–Kier alpha value is -0.830. The molecule has 0 aliphatic heterocycles. The van der Waals surface area contributed by atoms with Gasteiger partial charge in [0.25, 0.3) is 0 Å². The Morgan fingerprint density at radius 3 is 2.58 bits per heavy atom. The van der Waals surface area contributed by atoms with Crippen LogP contribution in [0.25, 0.3) is 0 Å². The number of rotatable bonds is 7. The van der Waals surface area contributed by atoms with Gasteiger partial charge in [0.05, 0.1) is 7.11 Å². The van der Waals surface area contributed by atoms with E-state index in [1.165, 1.54) is 13.2 Å². The van der Waals surface area contributed by atoms with Gasteiger partial charge < -0.3 is 9.64 Å². The topological polar surface area (TPSA) is 58.6 Å². The van der Waals surface area contributed by atoms with Gasteiger partial charge in [-0.15, -0.1) is 12.4 Å². The molecule has 1 N–H and O–H groups in total. The van der Waals surface area contributed by atoms with Crippen molar-refractivity contribution in [3.8, 4) is 5.75 Å². The van der Waals surface area contributed by atoms with Crippen LogP contribution in [0.4, 0.5) is 0 Å². The maximum Gasteiger partial charge on any atom is 0.244 e. The van der Waals surface area contributed by atoms with Crippen LogP contribution in [0.15, 0.2) is 39.9 Å². The number of hydrogen-bond acceptors (Lipinski definition) is 5. The van der Waals surface area contributed by atoms with E-state index in [2.05, 4.69) is 4.72 Å². The van der Waals surface area contributed by atoms with Gasteiger partial charge in [-0.1, -0.05) is 11.6 Å². The van der Waals surface area contributed by atoms with Crippen molar-refractivity contribution in [3.05, 3.63) is 45.6 Å². The minimum atomic E-state index is -3.73. The van der Waals surface area contributed by atoms with E-state index in [9.17, 15) is 8.42 Å². The molecule has 1 aromatic carbocycles. The molecule has 0 spiro atoms. The summed E-state index contributed by atoms with van der Waals surface area (Å²) < 4.78 is 33.0. The zero-order valence-corrected chi connectivity index (χ0v) is 16.7. The molecular formula is C15H20Cl2N2O3S2. The molecule has 0 radical (unpaired) electrons. The fourth-order valence-corrected chi connectivity index (χ4v) is 4.37. The van der Waals surface area contributed by atoms with Crippen molar-refractivity contribution >= 4 is 45.4 Å². The first kappa shape index (κ1) is 21.2. The smallest absolute Gasteiger partial charge is 0.244 e. The molecule has 0 amide bonds. The summed E-state index contributed by atoms with van der Waals surface area (Å²) in [6, 6.07) is 6.45. The number of nitrogens with one attached hydrogen (secondary N) is 1. The quantitative estimate of drug-likeness (QED) is 0.759. The molecule has 1 unspecified atom stereocenters. The fourth-order valence-electron chi connectivity index (χ4n) is 2.19. The predicted octanol–water partition coefficient (Wildman–Crippen LogP) is 3.41. The van der Waals surface area contributed by atoms with Crippen LogP contribution in [-0.4, -0.2) is 41.1 Å². The van der Waals surface area contributed by atoms with E-state index in [1.54, 1.807) is 23.5 Å². The lowest BCUT2D eigenvalue weighted by Crippen LogP contribution is -2.34. The van der Waals surface area contributed by atoms with Crippen molar-refractivity contribution in [1.29, 1.82) is 0 Å². The van der Waals surface area contributed by atoms with Gasteiger partial charge in [-0.2, -0.15) is 11.3 Å². The molecule has 2 rings (SSSR count). The second kappa shape index (κ2) is 9.03. The SMILES string of the molecule is COc1ccc(Cl)cc1S(=O)(=O)NCC(c1ccsc1)N(C)C.Cl. The van der Waals surface area contributed by atoms with Crippen molar-refractivity contribution in [1.82, 2.24) is 9.62 Å². The van der Waals surface area contributed by atoms with Crippen molar-refractivity contribution in [2.45, 2.75) is 10.9 Å². The lowest BCUT2D eigenvalue weighted by Gasteiger charge is -2.24. The Bertz CT molecular complexity index is 750. The Morgan fingerprint density at radius 2 is 2.04 bits per heavy atom. The third kappa shape index (κ3) is 5.08. The van der Waals surface area contributed by atoms with Crippen LogP contribution in [0, 0.1) is 0 Å².